The first-order chi connectivity index (χ1) is 8.15. The Morgan fingerprint density at radius 1 is 1.35 bits per heavy atom. The molecule has 0 unspecified atom stereocenters. The summed E-state index contributed by atoms with van der Waals surface area (Å²) in [5, 5.41) is 0. The number of aromatic nitrogens is 3. The molecule has 0 atom stereocenters. The van der Waals surface area contributed by atoms with Crippen LogP contribution in [-0.2, 0) is 12.4 Å². The molecule has 0 saturated heterocycles. The van der Waals surface area contributed by atoms with Crippen LogP contribution in [0.1, 0.15) is 19.7 Å². The summed E-state index contributed by atoms with van der Waals surface area (Å²) in [6, 6.07) is 3.72. The van der Waals surface area contributed by atoms with E-state index in [1.807, 2.05) is 12.1 Å². The molecule has 0 spiro atoms. The van der Waals surface area contributed by atoms with Crippen LogP contribution in [0.5, 0.6) is 5.88 Å². The SMILES string of the molecule is COc1ccc2nc(CCl)n(CC(C)C)c2n1. The molecule has 2 heterocycles. The molecule has 0 aliphatic carbocycles. The minimum absolute atomic E-state index is 0.394. The van der Waals surface area contributed by atoms with E-state index in [1.54, 1.807) is 7.11 Å². The second-order valence-electron chi connectivity index (χ2n) is 4.36. The Hall–Kier alpha value is -1.29. The minimum Gasteiger partial charge on any atom is -0.481 e. The number of methoxy groups -OCH3 is 1. The lowest BCUT2D eigenvalue weighted by Crippen LogP contribution is -2.08. The van der Waals surface area contributed by atoms with E-state index in [4.69, 9.17) is 16.3 Å². The summed E-state index contributed by atoms with van der Waals surface area (Å²) in [6.45, 7) is 5.17. The predicted octanol–water partition coefficient (Wildman–Crippen LogP) is 2.83. The zero-order valence-electron chi connectivity index (χ0n) is 10.3. The van der Waals surface area contributed by atoms with E-state index >= 15 is 0 Å². The van der Waals surface area contributed by atoms with E-state index in [1.165, 1.54) is 0 Å². The van der Waals surface area contributed by atoms with E-state index in [9.17, 15) is 0 Å². The van der Waals surface area contributed by atoms with Crippen LogP contribution < -0.4 is 4.74 Å². The molecule has 2 aromatic rings. The highest BCUT2D eigenvalue weighted by molar-refractivity contribution is 6.16. The van der Waals surface area contributed by atoms with Gasteiger partial charge in [-0.25, -0.2) is 4.98 Å². The highest BCUT2D eigenvalue weighted by Gasteiger charge is 2.13. The van der Waals surface area contributed by atoms with Gasteiger partial charge in [0.1, 0.15) is 11.3 Å². The highest BCUT2D eigenvalue weighted by atomic mass is 35.5. The molecule has 0 aliphatic heterocycles. The fraction of sp³-hybridized carbons (Fsp3) is 0.500. The number of rotatable bonds is 4. The largest absolute Gasteiger partial charge is 0.481 e. The average molecular weight is 254 g/mol. The molecule has 2 rings (SSSR count). The zero-order chi connectivity index (χ0) is 12.4. The second kappa shape index (κ2) is 4.92. The molecule has 0 fully saturated rings. The van der Waals surface area contributed by atoms with E-state index in [-0.39, 0.29) is 0 Å². The summed E-state index contributed by atoms with van der Waals surface area (Å²) in [4.78, 5) is 8.91. The lowest BCUT2D eigenvalue weighted by Gasteiger charge is -2.09. The molecule has 5 heteroatoms. The fourth-order valence-electron chi connectivity index (χ4n) is 1.80. The van der Waals surface area contributed by atoms with Crippen LogP contribution in [0.3, 0.4) is 0 Å². The van der Waals surface area contributed by atoms with Crippen LogP contribution in [0.25, 0.3) is 11.2 Å². The van der Waals surface area contributed by atoms with Gasteiger partial charge in [0.15, 0.2) is 5.65 Å². The molecule has 4 nitrogen and oxygen atoms in total. The molecule has 0 bridgehead atoms. The molecule has 0 aromatic carbocycles. The van der Waals surface area contributed by atoms with Crippen molar-refractivity contribution in [2.75, 3.05) is 7.11 Å². The van der Waals surface area contributed by atoms with Crippen molar-refractivity contribution in [3.05, 3.63) is 18.0 Å². The van der Waals surface area contributed by atoms with Gasteiger partial charge in [-0.05, 0) is 12.0 Å². The van der Waals surface area contributed by atoms with Gasteiger partial charge in [-0.1, -0.05) is 13.8 Å². The summed E-state index contributed by atoms with van der Waals surface area (Å²) in [5.74, 6) is 2.37. The molecular formula is C12H16ClN3O. The number of pyridine rings is 1. The number of alkyl halides is 1. The highest BCUT2D eigenvalue weighted by Crippen LogP contribution is 2.20. The molecule has 0 amide bonds. The third kappa shape index (κ3) is 2.36. The number of hydrogen-bond acceptors (Lipinski definition) is 3. The van der Waals surface area contributed by atoms with Crippen molar-refractivity contribution in [2.24, 2.45) is 5.92 Å². The Balaban J connectivity index is 2.58. The third-order valence-corrected chi connectivity index (χ3v) is 2.76. The summed E-state index contributed by atoms with van der Waals surface area (Å²) in [5.41, 5.74) is 1.70. The first-order valence-electron chi connectivity index (χ1n) is 5.61. The van der Waals surface area contributed by atoms with Gasteiger partial charge in [0.2, 0.25) is 5.88 Å². The molecule has 0 saturated carbocycles. The normalized spacial score (nSPS) is 11.4. The zero-order valence-corrected chi connectivity index (χ0v) is 11.0. The molecule has 17 heavy (non-hydrogen) atoms. The molecule has 92 valence electrons. The monoisotopic (exact) mass is 253 g/mol. The van der Waals surface area contributed by atoms with E-state index in [0.717, 1.165) is 23.5 Å². The molecular weight excluding hydrogens is 238 g/mol. The van der Waals surface area contributed by atoms with Crippen molar-refractivity contribution >= 4 is 22.8 Å². The molecule has 0 N–H and O–H groups in total. The van der Waals surface area contributed by atoms with Gasteiger partial charge in [0.05, 0.1) is 13.0 Å². The maximum absolute atomic E-state index is 5.92. The van der Waals surface area contributed by atoms with Crippen LogP contribution in [0.2, 0.25) is 0 Å². The number of halogens is 1. The van der Waals surface area contributed by atoms with Gasteiger partial charge in [-0.2, -0.15) is 4.98 Å². The van der Waals surface area contributed by atoms with Gasteiger partial charge in [-0.15, -0.1) is 11.6 Å². The van der Waals surface area contributed by atoms with Gasteiger partial charge in [-0.3, -0.25) is 0 Å². The maximum Gasteiger partial charge on any atom is 0.215 e. The van der Waals surface area contributed by atoms with Crippen LogP contribution >= 0.6 is 11.6 Å². The van der Waals surface area contributed by atoms with Crippen LogP contribution in [-0.4, -0.2) is 21.6 Å². The van der Waals surface area contributed by atoms with E-state index < -0.39 is 0 Å². The van der Waals surface area contributed by atoms with Crippen molar-refractivity contribution in [2.45, 2.75) is 26.3 Å². The summed E-state index contributed by atoms with van der Waals surface area (Å²) >= 11 is 5.92. The predicted molar refractivity (Wildman–Crippen MR) is 68.5 cm³/mol. The topological polar surface area (TPSA) is 39.9 Å². The number of hydrogen-bond donors (Lipinski definition) is 0. The molecule has 0 radical (unpaired) electrons. The van der Waals surface area contributed by atoms with Crippen molar-refractivity contribution in [1.29, 1.82) is 0 Å². The van der Waals surface area contributed by atoms with Crippen molar-refractivity contribution < 1.29 is 4.74 Å². The lowest BCUT2D eigenvalue weighted by molar-refractivity contribution is 0.398. The van der Waals surface area contributed by atoms with Gasteiger partial charge in [0, 0.05) is 12.6 Å². The number of ether oxygens (including phenoxy) is 1. The van der Waals surface area contributed by atoms with Gasteiger partial charge < -0.3 is 9.30 Å². The van der Waals surface area contributed by atoms with Crippen LogP contribution in [0.15, 0.2) is 12.1 Å². The minimum atomic E-state index is 0.394. The standard InChI is InChI=1S/C12H16ClN3O/c1-8(2)7-16-10(6-13)14-9-4-5-11(17-3)15-12(9)16/h4-5,8H,6-7H2,1-3H3. The number of imidazole rings is 1. The maximum atomic E-state index is 5.92. The Labute approximate surface area is 106 Å². The smallest absolute Gasteiger partial charge is 0.215 e. The Bertz CT molecular complexity index is 522. The third-order valence-electron chi connectivity index (χ3n) is 2.52. The summed E-state index contributed by atoms with van der Waals surface area (Å²) in [7, 11) is 1.61. The van der Waals surface area contributed by atoms with Crippen molar-refractivity contribution in [3.8, 4) is 5.88 Å². The quantitative estimate of drug-likeness (QED) is 0.787. The van der Waals surface area contributed by atoms with Crippen LogP contribution in [0.4, 0.5) is 0 Å². The van der Waals surface area contributed by atoms with Gasteiger partial charge in [0.25, 0.3) is 0 Å². The number of fused-ring (bicyclic) bond motifs is 1. The average Bonchev–Trinajstić information content (AvgIpc) is 2.66. The second-order valence-corrected chi connectivity index (χ2v) is 4.63. The molecule has 2 aromatic heterocycles. The lowest BCUT2D eigenvalue weighted by atomic mass is 10.2. The first-order valence-corrected chi connectivity index (χ1v) is 6.15. The van der Waals surface area contributed by atoms with Crippen LogP contribution in [0, 0.1) is 5.92 Å². The van der Waals surface area contributed by atoms with Gasteiger partial charge >= 0.3 is 0 Å². The van der Waals surface area contributed by atoms with Crippen molar-refractivity contribution in [3.63, 3.8) is 0 Å². The summed E-state index contributed by atoms with van der Waals surface area (Å²) in [6.07, 6.45) is 0. The Morgan fingerprint density at radius 2 is 2.12 bits per heavy atom. The fourth-order valence-corrected chi connectivity index (χ4v) is 2.01. The first kappa shape index (κ1) is 12.2. The Kier molecular flexibility index (Phi) is 3.52. The van der Waals surface area contributed by atoms with E-state index in [0.29, 0.717) is 17.7 Å². The Morgan fingerprint density at radius 3 is 2.71 bits per heavy atom. The van der Waals surface area contributed by atoms with E-state index in [2.05, 4.69) is 28.4 Å². The number of nitrogens with zero attached hydrogens (tertiary/aromatic N) is 3. The molecule has 0 aliphatic rings. The van der Waals surface area contributed by atoms with Crippen molar-refractivity contribution in [1.82, 2.24) is 14.5 Å². The summed E-state index contributed by atoms with van der Waals surface area (Å²) < 4.78 is 7.20.